The van der Waals surface area contributed by atoms with Crippen LogP contribution in [0.15, 0.2) is 0 Å². The molecule has 1 aliphatic carbocycles. The van der Waals surface area contributed by atoms with Gasteiger partial charge in [0.05, 0.1) is 12.5 Å². The molecule has 1 fully saturated rings. The third kappa shape index (κ3) is 4.52. The van der Waals surface area contributed by atoms with Gasteiger partial charge in [-0.2, -0.15) is 0 Å². The van der Waals surface area contributed by atoms with Gasteiger partial charge in [-0.25, -0.2) is 0 Å². The predicted octanol–water partition coefficient (Wildman–Crippen LogP) is 2.63. The van der Waals surface area contributed by atoms with Crippen LogP contribution in [0.2, 0.25) is 0 Å². The van der Waals surface area contributed by atoms with Gasteiger partial charge in [0, 0.05) is 6.04 Å². The standard InChI is InChI=1S/C13H25NO2/c1-2-3-4-5-6-10-16-13(15)11-8-7-9-12(11)14/h11-12H,2-10,14H2,1H3. The molecule has 1 saturated carbocycles. The van der Waals surface area contributed by atoms with E-state index in [0.29, 0.717) is 6.61 Å². The molecule has 0 bridgehead atoms. The molecule has 0 aliphatic heterocycles. The Hall–Kier alpha value is -0.570. The monoisotopic (exact) mass is 227 g/mol. The van der Waals surface area contributed by atoms with Crippen molar-refractivity contribution in [3.05, 3.63) is 0 Å². The first kappa shape index (κ1) is 13.5. The van der Waals surface area contributed by atoms with E-state index >= 15 is 0 Å². The normalized spacial score (nSPS) is 24.6. The second-order valence-electron chi connectivity index (χ2n) is 4.78. The molecule has 16 heavy (non-hydrogen) atoms. The van der Waals surface area contributed by atoms with Gasteiger partial charge in [-0.1, -0.05) is 39.0 Å². The highest BCUT2D eigenvalue weighted by molar-refractivity contribution is 5.73. The van der Waals surface area contributed by atoms with Crippen LogP contribution in [-0.4, -0.2) is 18.6 Å². The third-order valence-electron chi connectivity index (χ3n) is 3.36. The van der Waals surface area contributed by atoms with Crippen molar-refractivity contribution in [2.45, 2.75) is 64.3 Å². The van der Waals surface area contributed by atoms with Crippen molar-refractivity contribution < 1.29 is 9.53 Å². The third-order valence-corrected chi connectivity index (χ3v) is 3.36. The number of carbonyl (C=O) groups excluding carboxylic acids is 1. The summed E-state index contributed by atoms with van der Waals surface area (Å²) < 4.78 is 5.26. The summed E-state index contributed by atoms with van der Waals surface area (Å²) in [6.45, 7) is 2.77. The van der Waals surface area contributed by atoms with Crippen molar-refractivity contribution in [1.82, 2.24) is 0 Å². The molecule has 94 valence electrons. The summed E-state index contributed by atoms with van der Waals surface area (Å²) in [6.07, 6.45) is 8.88. The maximum absolute atomic E-state index is 11.6. The lowest BCUT2D eigenvalue weighted by Gasteiger charge is -2.14. The first-order chi connectivity index (χ1) is 7.75. The number of nitrogens with two attached hydrogens (primary N) is 1. The molecule has 0 spiro atoms. The van der Waals surface area contributed by atoms with E-state index in [4.69, 9.17) is 10.5 Å². The molecule has 0 heterocycles. The van der Waals surface area contributed by atoms with Gasteiger partial charge in [0.15, 0.2) is 0 Å². The predicted molar refractivity (Wildman–Crippen MR) is 65.0 cm³/mol. The van der Waals surface area contributed by atoms with Gasteiger partial charge in [0.25, 0.3) is 0 Å². The SMILES string of the molecule is CCCCCCCOC(=O)C1CCCC1N. The Kier molecular flexibility index (Phi) is 6.46. The topological polar surface area (TPSA) is 52.3 Å². The smallest absolute Gasteiger partial charge is 0.310 e. The van der Waals surface area contributed by atoms with Crippen molar-refractivity contribution >= 4 is 5.97 Å². The number of carbonyl (C=O) groups is 1. The maximum Gasteiger partial charge on any atom is 0.310 e. The molecule has 1 aliphatic rings. The Morgan fingerprint density at radius 1 is 1.25 bits per heavy atom. The molecular formula is C13H25NO2. The first-order valence-electron chi connectivity index (χ1n) is 6.68. The van der Waals surface area contributed by atoms with Crippen molar-refractivity contribution in [3.8, 4) is 0 Å². The maximum atomic E-state index is 11.6. The zero-order valence-electron chi connectivity index (χ0n) is 10.4. The van der Waals surface area contributed by atoms with E-state index < -0.39 is 0 Å². The Morgan fingerprint density at radius 3 is 2.62 bits per heavy atom. The zero-order valence-corrected chi connectivity index (χ0v) is 10.4. The van der Waals surface area contributed by atoms with Gasteiger partial charge in [0.2, 0.25) is 0 Å². The molecule has 0 amide bonds. The van der Waals surface area contributed by atoms with Crippen LogP contribution in [0.5, 0.6) is 0 Å². The van der Waals surface area contributed by atoms with Gasteiger partial charge in [-0.15, -0.1) is 0 Å². The van der Waals surface area contributed by atoms with Gasteiger partial charge >= 0.3 is 5.97 Å². The van der Waals surface area contributed by atoms with Crippen molar-refractivity contribution in [1.29, 1.82) is 0 Å². The minimum absolute atomic E-state index is 0.0318. The van der Waals surface area contributed by atoms with E-state index in [0.717, 1.165) is 32.1 Å². The van der Waals surface area contributed by atoms with E-state index in [-0.39, 0.29) is 17.9 Å². The van der Waals surface area contributed by atoms with Crippen LogP contribution in [0.3, 0.4) is 0 Å². The van der Waals surface area contributed by atoms with Crippen LogP contribution >= 0.6 is 0 Å². The van der Waals surface area contributed by atoms with Gasteiger partial charge in [-0.3, -0.25) is 4.79 Å². The lowest BCUT2D eigenvalue weighted by Crippen LogP contribution is -2.32. The molecule has 0 aromatic carbocycles. The van der Waals surface area contributed by atoms with E-state index in [9.17, 15) is 4.79 Å². The zero-order chi connectivity index (χ0) is 11.8. The Morgan fingerprint density at radius 2 is 2.00 bits per heavy atom. The molecule has 3 nitrogen and oxygen atoms in total. The minimum Gasteiger partial charge on any atom is -0.465 e. The number of ether oxygens (including phenoxy) is 1. The summed E-state index contributed by atoms with van der Waals surface area (Å²) in [5, 5.41) is 0. The van der Waals surface area contributed by atoms with E-state index in [1.165, 1.54) is 19.3 Å². The summed E-state index contributed by atoms with van der Waals surface area (Å²) >= 11 is 0. The quantitative estimate of drug-likeness (QED) is 0.537. The first-order valence-corrected chi connectivity index (χ1v) is 6.68. The highest BCUT2D eigenvalue weighted by atomic mass is 16.5. The molecule has 2 N–H and O–H groups in total. The van der Waals surface area contributed by atoms with Gasteiger partial charge in [0.1, 0.15) is 0 Å². The molecule has 2 unspecified atom stereocenters. The number of hydrogen-bond donors (Lipinski definition) is 1. The largest absolute Gasteiger partial charge is 0.465 e. The molecule has 0 aromatic rings. The van der Waals surface area contributed by atoms with Gasteiger partial charge < -0.3 is 10.5 Å². The second-order valence-corrected chi connectivity index (χ2v) is 4.78. The fourth-order valence-corrected chi connectivity index (χ4v) is 2.27. The van der Waals surface area contributed by atoms with Gasteiger partial charge in [-0.05, 0) is 19.3 Å². The molecule has 0 saturated heterocycles. The summed E-state index contributed by atoms with van der Waals surface area (Å²) in [5.41, 5.74) is 5.85. The Balaban J connectivity index is 2.02. The van der Waals surface area contributed by atoms with E-state index in [1.54, 1.807) is 0 Å². The minimum atomic E-state index is -0.0690. The van der Waals surface area contributed by atoms with Crippen LogP contribution in [0.4, 0.5) is 0 Å². The van der Waals surface area contributed by atoms with Crippen LogP contribution in [0, 0.1) is 5.92 Å². The van der Waals surface area contributed by atoms with Crippen molar-refractivity contribution in [3.63, 3.8) is 0 Å². The molecule has 0 aromatic heterocycles. The molecule has 1 rings (SSSR count). The molecule has 0 radical (unpaired) electrons. The highest BCUT2D eigenvalue weighted by Crippen LogP contribution is 2.25. The van der Waals surface area contributed by atoms with Crippen LogP contribution in [0.25, 0.3) is 0 Å². The average Bonchev–Trinajstić information content (AvgIpc) is 2.69. The van der Waals surface area contributed by atoms with Crippen LogP contribution < -0.4 is 5.73 Å². The molecule has 3 heteroatoms. The number of esters is 1. The summed E-state index contributed by atoms with van der Waals surface area (Å²) in [6, 6.07) is 0.0348. The number of hydrogen-bond acceptors (Lipinski definition) is 3. The fraction of sp³-hybridized carbons (Fsp3) is 0.923. The second kappa shape index (κ2) is 7.66. The summed E-state index contributed by atoms with van der Waals surface area (Å²) in [7, 11) is 0. The van der Waals surface area contributed by atoms with Crippen LogP contribution in [-0.2, 0) is 9.53 Å². The van der Waals surface area contributed by atoms with E-state index in [1.807, 2.05) is 0 Å². The van der Waals surface area contributed by atoms with Crippen molar-refractivity contribution in [2.24, 2.45) is 11.7 Å². The summed E-state index contributed by atoms with van der Waals surface area (Å²) in [4.78, 5) is 11.6. The van der Waals surface area contributed by atoms with Crippen molar-refractivity contribution in [2.75, 3.05) is 6.61 Å². The fourth-order valence-electron chi connectivity index (χ4n) is 2.27. The Labute approximate surface area is 98.7 Å². The lowest BCUT2D eigenvalue weighted by molar-refractivity contribution is -0.148. The lowest BCUT2D eigenvalue weighted by atomic mass is 10.1. The van der Waals surface area contributed by atoms with Crippen LogP contribution in [0.1, 0.15) is 58.3 Å². The number of unbranched alkanes of at least 4 members (excludes halogenated alkanes) is 4. The highest BCUT2D eigenvalue weighted by Gasteiger charge is 2.31. The molecule has 2 atom stereocenters. The average molecular weight is 227 g/mol. The Bertz CT molecular complexity index is 206. The number of rotatable bonds is 7. The molecular weight excluding hydrogens is 202 g/mol. The summed E-state index contributed by atoms with van der Waals surface area (Å²) in [5.74, 6) is -0.101. The van der Waals surface area contributed by atoms with E-state index in [2.05, 4.69) is 6.92 Å².